The molecule has 0 bridgehead atoms. The van der Waals surface area contributed by atoms with Gasteiger partial charge >= 0.3 is 0 Å². The van der Waals surface area contributed by atoms with E-state index in [4.69, 9.17) is 9.47 Å². The zero-order valence-electron chi connectivity index (χ0n) is 11.3. The summed E-state index contributed by atoms with van der Waals surface area (Å²) >= 11 is 0. The molecule has 19 heavy (non-hydrogen) atoms. The molecule has 0 saturated carbocycles. The maximum absolute atomic E-state index is 9.85. The number of ether oxygens (including phenoxy) is 2. The van der Waals surface area contributed by atoms with Crippen molar-refractivity contribution >= 4 is 0 Å². The lowest BCUT2D eigenvalue weighted by Gasteiger charge is -2.13. The Morgan fingerprint density at radius 1 is 1.32 bits per heavy atom. The molecule has 2 unspecified atom stereocenters. The summed E-state index contributed by atoms with van der Waals surface area (Å²) in [7, 11) is 0. The van der Waals surface area contributed by atoms with Crippen molar-refractivity contribution in [2.75, 3.05) is 13.2 Å². The number of aliphatic hydroxyl groups is 1. The SMILES string of the molecule is OC1CCc2c(OCCCC3CCCO3)cccc21. The topological polar surface area (TPSA) is 38.7 Å². The number of benzene rings is 1. The maximum Gasteiger partial charge on any atom is 0.122 e. The first-order chi connectivity index (χ1) is 9.34. The van der Waals surface area contributed by atoms with Crippen LogP contribution in [0.3, 0.4) is 0 Å². The van der Waals surface area contributed by atoms with Crippen LogP contribution in [0.4, 0.5) is 0 Å². The van der Waals surface area contributed by atoms with Gasteiger partial charge < -0.3 is 14.6 Å². The second kappa shape index (κ2) is 5.93. The van der Waals surface area contributed by atoms with E-state index in [1.54, 1.807) is 0 Å². The maximum atomic E-state index is 9.85. The van der Waals surface area contributed by atoms with Gasteiger partial charge in [-0.15, -0.1) is 0 Å². The van der Waals surface area contributed by atoms with E-state index in [2.05, 4.69) is 0 Å². The van der Waals surface area contributed by atoms with Gasteiger partial charge in [-0.05, 0) is 50.2 Å². The van der Waals surface area contributed by atoms with Gasteiger partial charge in [-0.2, -0.15) is 0 Å². The second-order valence-electron chi connectivity index (χ2n) is 5.50. The Morgan fingerprint density at radius 3 is 3.11 bits per heavy atom. The molecule has 1 aliphatic carbocycles. The van der Waals surface area contributed by atoms with Crippen LogP contribution in [-0.2, 0) is 11.2 Å². The molecule has 0 spiro atoms. The van der Waals surface area contributed by atoms with Gasteiger partial charge in [0.1, 0.15) is 5.75 Å². The van der Waals surface area contributed by atoms with Crippen molar-refractivity contribution in [3.8, 4) is 5.75 Å². The Morgan fingerprint density at radius 2 is 2.26 bits per heavy atom. The molecule has 2 aliphatic rings. The van der Waals surface area contributed by atoms with Gasteiger partial charge in [-0.3, -0.25) is 0 Å². The van der Waals surface area contributed by atoms with Gasteiger partial charge in [0.2, 0.25) is 0 Å². The number of fused-ring (bicyclic) bond motifs is 1. The number of hydrogen-bond acceptors (Lipinski definition) is 3. The number of aliphatic hydroxyl groups excluding tert-OH is 1. The van der Waals surface area contributed by atoms with Crippen LogP contribution in [0, 0.1) is 0 Å². The molecule has 3 rings (SSSR count). The summed E-state index contributed by atoms with van der Waals surface area (Å²) < 4.78 is 11.5. The summed E-state index contributed by atoms with van der Waals surface area (Å²) in [5, 5.41) is 9.85. The Hall–Kier alpha value is -1.06. The Labute approximate surface area is 114 Å². The molecule has 1 fully saturated rings. The van der Waals surface area contributed by atoms with Crippen molar-refractivity contribution in [3.63, 3.8) is 0 Å². The predicted octanol–water partition coefficient (Wildman–Crippen LogP) is 3.00. The molecule has 1 saturated heterocycles. The Balaban J connectivity index is 1.50. The van der Waals surface area contributed by atoms with Crippen molar-refractivity contribution in [1.29, 1.82) is 0 Å². The van der Waals surface area contributed by atoms with Crippen LogP contribution in [0.5, 0.6) is 5.75 Å². The molecule has 0 aromatic heterocycles. The molecule has 0 amide bonds. The summed E-state index contributed by atoms with van der Waals surface area (Å²) in [6.07, 6.45) is 6.44. The third kappa shape index (κ3) is 2.93. The average Bonchev–Trinajstić information content (AvgIpc) is 3.06. The van der Waals surface area contributed by atoms with Crippen LogP contribution in [0.25, 0.3) is 0 Å². The molecule has 1 aromatic rings. The summed E-state index contributed by atoms with van der Waals surface area (Å²) in [6.45, 7) is 1.67. The molecule has 3 heteroatoms. The zero-order chi connectivity index (χ0) is 13.1. The van der Waals surface area contributed by atoms with Crippen molar-refractivity contribution in [3.05, 3.63) is 29.3 Å². The molecule has 1 N–H and O–H groups in total. The van der Waals surface area contributed by atoms with E-state index in [0.29, 0.717) is 6.10 Å². The molecular weight excluding hydrogens is 240 g/mol. The van der Waals surface area contributed by atoms with Gasteiger partial charge in [0.25, 0.3) is 0 Å². The predicted molar refractivity (Wildman–Crippen MR) is 73.4 cm³/mol. The van der Waals surface area contributed by atoms with E-state index in [9.17, 15) is 5.11 Å². The van der Waals surface area contributed by atoms with Crippen molar-refractivity contribution in [2.45, 2.75) is 50.7 Å². The van der Waals surface area contributed by atoms with Crippen LogP contribution < -0.4 is 4.74 Å². The average molecular weight is 262 g/mol. The van der Waals surface area contributed by atoms with Gasteiger partial charge in [0, 0.05) is 12.2 Å². The minimum absolute atomic E-state index is 0.301. The van der Waals surface area contributed by atoms with Crippen LogP contribution in [0.1, 0.15) is 49.3 Å². The third-order valence-corrected chi connectivity index (χ3v) is 4.15. The van der Waals surface area contributed by atoms with Crippen LogP contribution in [-0.4, -0.2) is 24.4 Å². The highest BCUT2D eigenvalue weighted by Crippen LogP contribution is 2.36. The van der Waals surface area contributed by atoms with E-state index in [1.165, 1.54) is 18.4 Å². The van der Waals surface area contributed by atoms with Gasteiger partial charge in [0.15, 0.2) is 0 Å². The lowest BCUT2D eigenvalue weighted by Crippen LogP contribution is -2.08. The molecule has 1 aromatic carbocycles. The van der Waals surface area contributed by atoms with Crippen molar-refractivity contribution < 1.29 is 14.6 Å². The molecule has 1 heterocycles. The fourth-order valence-electron chi connectivity index (χ4n) is 3.10. The molecule has 0 radical (unpaired) electrons. The highest BCUT2D eigenvalue weighted by atomic mass is 16.5. The minimum Gasteiger partial charge on any atom is -0.493 e. The minimum atomic E-state index is -0.301. The normalized spacial score (nSPS) is 25.5. The first kappa shape index (κ1) is 12.9. The van der Waals surface area contributed by atoms with Gasteiger partial charge in [0.05, 0.1) is 18.8 Å². The zero-order valence-corrected chi connectivity index (χ0v) is 11.3. The van der Waals surface area contributed by atoms with E-state index >= 15 is 0 Å². The number of rotatable bonds is 5. The lowest BCUT2D eigenvalue weighted by molar-refractivity contribution is 0.0981. The van der Waals surface area contributed by atoms with E-state index in [-0.39, 0.29) is 6.10 Å². The molecular formula is C16H22O3. The molecule has 1 aliphatic heterocycles. The smallest absolute Gasteiger partial charge is 0.122 e. The van der Waals surface area contributed by atoms with Crippen LogP contribution >= 0.6 is 0 Å². The van der Waals surface area contributed by atoms with Crippen molar-refractivity contribution in [2.24, 2.45) is 0 Å². The lowest BCUT2D eigenvalue weighted by atomic mass is 10.1. The summed E-state index contributed by atoms with van der Waals surface area (Å²) in [5.41, 5.74) is 2.25. The highest BCUT2D eigenvalue weighted by molar-refractivity contribution is 5.44. The second-order valence-corrected chi connectivity index (χ2v) is 5.50. The largest absolute Gasteiger partial charge is 0.493 e. The summed E-state index contributed by atoms with van der Waals surface area (Å²) in [4.78, 5) is 0. The monoisotopic (exact) mass is 262 g/mol. The first-order valence-corrected chi connectivity index (χ1v) is 7.39. The summed E-state index contributed by atoms with van der Waals surface area (Å²) in [6, 6.07) is 6.00. The standard InChI is InChI=1S/C16H22O3/c17-15-9-8-14-13(15)6-1-7-16(14)19-11-3-5-12-4-2-10-18-12/h1,6-7,12,15,17H,2-5,8-11H2. The van der Waals surface area contributed by atoms with Crippen molar-refractivity contribution in [1.82, 2.24) is 0 Å². The number of hydrogen-bond donors (Lipinski definition) is 1. The van der Waals surface area contributed by atoms with E-state index in [1.807, 2.05) is 18.2 Å². The Kier molecular flexibility index (Phi) is 4.04. The molecule has 104 valence electrons. The third-order valence-electron chi connectivity index (χ3n) is 4.15. The quantitative estimate of drug-likeness (QED) is 0.829. The Bertz CT molecular complexity index is 424. The van der Waals surface area contributed by atoms with Crippen LogP contribution in [0.15, 0.2) is 18.2 Å². The van der Waals surface area contributed by atoms with E-state index in [0.717, 1.165) is 50.2 Å². The first-order valence-electron chi connectivity index (χ1n) is 7.39. The van der Waals surface area contributed by atoms with Crippen LogP contribution in [0.2, 0.25) is 0 Å². The fourth-order valence-corrected chi connectivity index (χ4v) is 3.10. The van der Waals surface area contributed by atoms with E-state index < -0.39 is 0 Å². The highest BCUT2D eigenvalue weighted by Gasteiger charge is 2.23. The van der Waals surface area contributed by atoms with Gasteiger partial charge in [-0.25, -0.2) is 0 Å². The summed E-state index contributed by atoms with van der Waals surface area (Å²) in [5.74, 6) is 0.960. The van der Waals surface area contributed by atoms with Gasteiger partial charge in [-0.1, -0.05) is 12.1 Å². The molecule has 2 atom stereocenters. The molecule has 3 nitrogen and oxygen atoms in total. The fraction of sp³-hybridized carbons (Fsp3) is 0.625.